The number of rotatable bonds is 2. The molecule has 0 saturated carbocycles. The fraction of sp³-hybridized carbons (Fsp3) is 0.111. The number of oxazole rings is 1. The summed E-state index contributed by atoms with van der Waals surface area (Å²) in [5, 5.41) is 0. The molecule has 0 spiro atoms. The summed E-state index contributed by atoms with van der Waals surface area (Å²) in [6, 6.07) is 5.48. The fourth-order valence-electron chi connectivity index (χ4n) is 1.13. The van der Waals surface area contributed by atoms with Crippen LogP contribution in [0.1, 0.15) is 5.56 Å². The van der Waals surface area contributed by atoms with Crippen LogP contribution in [-0.2, 0) is 11.3 Å². The van der Waals surface area contributed by atoms with E-state index in [9.17, 15) is 4.79 Å². The van der Waals surface area contributed by atoms with E-state index in [1.54, 1.807) is 6.07 Å². The second-order valence-corrected chi connectivity index (χ2v) is 2.56. The monoisotopic (exact) mass is 174 g/mol. The summed E-state index contributed by atoms with van der Waals surface area (Å²) in [5.74, 6) is 0. The molecular weight excluding hydrogens is 168 g/mol. The van der Waals surface area contributed by atoms with Gasteiger partial charge in [-0.25, -0.2) is 14.8 Å². The molecule has 1 aromatic carbocycles. The number of isocyanates is 1. The van der Waals surface area contributed by atoms with Crippen LogP contribution in [0.15, 0.2) is 34.0 Å². The van der Waals surface area contributed by atoms with Gasteiger partial charge in [0.15, 0.2) is 12.0 Å². The zero-order chi connectivity index (χ0) is 9.10. The van der Waals surface area contributed by atoms with Crippen LogP contribution in [0.4, 0.5) is 0 Å². The molecule has 13 heavy (non-hydrogen) atoms. The van der Waals surface area contributed by atoms with E-state index in [4.69, 9.17) is 4.42 Å². The highest BCUT2D eigenvalue weighted by Crippen LogP contribution is 2.14. The molecule has 1 heterocycles. The summed E-state index contributed by atoms with van der Waals surface area (Å²) < 4.78 is 5.06. The highest BCUT2D eigenvalue weighted by molar-refractivity contribution is 5.72. The number of hydrogen-bond donors (Lipinski definition) is 0. The van der Waals surface area contributed by atoms with Crippen LogP contribution in [0, 0.1) is 0 Å². The molecule has 2 rings (SSSR count). The van der Waals surface area contributed by atoms with Crippen molar-refractivity contribution in [3.05, 3.63) is 30.2 Å². The highest BCUT2D eigenvalue weighted by atomic mass is 16.3. The van der Waals surface area contributed by atoms with E-state index in [0.29, 0.717) is 6.54 Å². The van der Waals surface area contributed by atoms with Gasteiger partial charge in [-0.3, -0.25) is 0 Å². The van der Waals surface area contributed by atoms with E-state index in [1.807, 2.05) is 12.1 Å². The maximum Gasteiger partial charge on any atom is 0.235 e. The molecule has 4 nitrogen and oxygen atoms in total. The molecule has 0 fully saturated rings. The molecule has 0 aliphatic heterocycles. The van der Waals surface area contributed by atoms with Crippen molar-refractivity contribution in [2.45, 2.75) is 6.54 Å². The Kier molecular flexibility index (Phi) is 1.90. The van der Waals surface area contributed by atoms with Crippen molar-refractivity contribution in [3.63, 3.8) is 0 Å². The summed E-state index contributed by atoms with van der Waals surface area (Å²) in [6.45, 7) is 0.340. The lowest BCUT2D eigenvalue weighted by Crippen LogP contribution is -1.80. The van der Waals surface area contributed by atoms with Crippen LogP contribution in [-0.4, -0.2) is 11.1 Å². The van der Waals surface area contributed by atoms with Gasteiger partial charge in [-0.15, -0.1) is 0 Å². The lowest BCUT2D eigenvalue weighted by molar-refractivity contribution is 0.563. The van der Waals surface area contributed by atoms with Gasteiger partial charge >= 0.3 is 0 Å². The first-order valence-electron chi connectivity index (χ1n) is 3.76. The molecule has 0 N–H and O–H groups in total. The number of nitrogens with zero attached hydrogens (tertiary/aromatic N) is 2. The quantitative estimate of drug-likeness (QED) is 0.514. The minimum atomic E-state index is 0.340. The zero-order valence-corrected chi connectivity index (χ0v) is 6.73. The lowest BCUT2D eigenvalue weighted by Gasteiger charge is -1.92. The molecular formula is C9H6N2O2. The molecule has 0 aliphatic carbocycles. The van der Waals surface area contributed by atoms with Gasteiger partial charge in [0.2, 0.25) is 6.08 Å². The van der Waals surface area contributed by atoms with E-state index in [1.165, 1.54) is 12.5 Å². The van der Waals surface area contributed by atoms with Crippen molar-refractivity contribution < 1.29 is 9.21 Å². The molecule has 0 unspecified atom stereocenters. The number of aliphatic imine (C=N–C) groups is 1. The first-order chi connectivity index (χ1) is 6.40. The Bertz CT molecular complexity index is 469. The van der Waals surface area contributed by atoms with Gasteiger partial charge < -0.3 is 4.42 Å². The topological polar surface area (TPSA) is 55.5 Å². The molecule has 1 aromatic heterocycles. The van der Waals surface area contributed by atoms with Gasteiger partial charge in [-0.1, -0.05) is 6.07 Å². The fourth-order valence-corrected chi connectivity index (χ4v) is 1.13. The van der Waals surface area contributed by atoms with Gasteiger partial charge in [0, 0.05) is 0 Å². The predicted molar refractivity (Wildman–Crippen MR) is 45.8 cm³/mol. The number of fused-ring (bicyclic) bond motifs is 1. The van der Waals surface area contributed by atoms with Crippen LogP contribution in [0.2, 0.25) is 0 Å². The molecule has 2 aromatic rings. The SMILES string of the molecule is O=C=NCc1ccc2ocnc2c1. The molecule has 0 aliphatic rings. The van der Waals surface area contributed by atoms with Crippen molar-refractivity contribution in [1.82, 2.24) is 4.98 Å². The summed E-state index contributed by atoms with van der Waals surface area (Å²) in [4.78, 5) is 17.3. The number of benzene rings is 1. The van der Waals surface area contributed by atoms with E-state index < -0.39 is 0 Å². The molecule has 64 valence electrons. The summed E-state index contributed by atoms with van der Waals surface area (Å²) in [7, 11) is 0. The number of aromatic nitrogens is 1. The standard InChI is InChI=1S/C9H6N2O2/c12-5-10-4-7-1-2-9-8(3-7)11-6-13-9/h1-3,6H,4H2. The maximum atomic E-state index is 9.87. The van der Waals surface area contributed by atoms with E-state index >= 15 is 0 Å². The van der Waals surface area contributed by atoms with Gasteiger partial charge in [0.05, 0.1) is 6.54 Å². The van der Waals surface area contributed by atoms with Crippen LogP contribution in [0.25, 0.3) is 11.1 Å². The molecule has 4 heteroatoms. The van der Waals surface area contributed by atoms with Crippen LogP contribution >= 0.6 is 0 Å². The van der Waals surface area contributed by atoms with Gasteiger partial charge in [-0.05, 0) is 17.7 Å². The average molecular weight is 174 g/mol. The normalized spacial score (nSPS) is 9.85. The molecule has 0 amide bonds. The Balaban J connectivity index is 2.42. The van der Waals surface area contributed by atoms with E-state index in [0.717, 1.165) is 16.7 Å². The maximum absolute atomic E-state index is 9.87. The third kappa shape index (κ3) is 1.48. The van der Waals surface area contributed by atoms with Crippen molar-refractivity contribution in [2.24, 2.45) is 4.99 Å². The van der Waals surface area contributed by atoms with Crippen LogP contribution < -0.4 is 0 Å². The third-order valence-electron chi connectivity index (χ3n) is 1.72. The van der Waals surface area contributed by atoms with Gasteiger partial charge in [-0.2, -0.15) is 0 Å². The average Bonchev–Trinajstić information content (AvgIpc) is 2.61. The van der Waals surface area contributed by atoms with E-state index in [-0.39, 0.29) is 0 Å². The Labute approximate surface area is 73.9 Å². The van der Waals surface area contributed by atoms with Crippen LogP contribution in [0.5, 0.6) is 0 Å². The minimum absolute atomic E-state index is 0.340. The summed E-state index contributed by atoms with van der Waals surface area (Å²) >= 11 is 0. The highest BCUT2D eigenvalue weighted by Gasteiger charge is 1.98. The Morgan fingerprint density at radius 3 is 3.31 bits per heavy atom. The third-order valence-corrected chi connectivity index (χ3v) is 1.72. The first kappa shape index (κ1) is 7.71. The number of hydrogen-bond acceptors (Lipinski definition) is 4. The van der Waals surface area contributed by atoms with Crippen LogP contribution in [0.3, 0.4) is 0 Å². The molecule has 0 saturated heterocycles. The molecule has 0 atom stereocenters. The van der Waals surface area contributed by atoms with Gasteiger partial charge in [0.25, 0.3) is 0 Å². The smallest absolute Gasteiger partial charge is 0.235 e. The largest absolute Gasteiger partial charge is 0.443 e. The summed E-state index contributed by atoms with van der Waals surface area (Å²) in [6.07, 6.45) is 2.88. The van der Waals surface area contributed by atoms with E-state index in [2.05, 4.69) is 9.98 Å². The van der Waals surface area contributed by atoms with Crippen molar-refractivity contribution in [3.8, 4) is 0 Å². The predicted octanol–water partition coefficient (Wildman–Crippen LogP) is 1.66. The zero-order valence-electron chi connectivity index (χ0n) is 6.73. The van der Waals surface area contributed by atoms with Crippen molar-refractivity contribution in [2.75, 3.05) is 0 Å². The Morgan fingerprint density at radius 1 is 1.54 bits per heavy atom. The molecule has 0 radical (unpaired) electrons. The Hall–Kier alpha value is -1.93. The summed E-state index contributed by atoms with van der Waals surface area (Å²) in [5.41, 5.74) is 2.43. The lowest BCUT2D eigenvalue weighted by atomic mass is 10.2. The Morgan fingerprint density at radius 2 is 2.46 bits per heavy atom. The first-order valence-corrected chi connectivity index (χ1v) is 3.76. The van der Waals surface area contributed by atoms with Crippen molar-refractivity contribution >= 4 is 17.2 Å². The van der Waals surface area contributed by atoms with Crippen molar-refractivity contribution in [1.29, 1.82) is 0 Å². The second-order valence-electron chi connectivity index (χ2n) is 2.56. The molecule has 0 bridgehead atoms. The minimum Gasteiger partial charge on any atom is -0.443 e. The van der Waals surface area contributed by atoms with Gasteiger partial charge in [0.1, 0.15) is 5.52 Å². The number of carbonyl (C=O) groups excluding carboxylic acids is 1. The second kappa shape index (κ2) is 3.21.